The maximum atomic E-state index is 12.8. The number of carbonyl (C=O) groups is 1. The Morgan fingerprint density at radius 3 is 2.50 bits per heavy atom. The van der Waals surface area contributed by atoms with Gasteiger partial charge in [0.25, 0.3) is 0 Å². The minimum Gasteiger partial charge on any atom is -0.384 e. The first-order valence-corrected chi connectivity index (χ1v) is 10.1. The van der Waals surface area contributed by atoms with Crippen LogP contribution >= 0.6 is 0 Å². The number of nitrogens with two attached hydrogens (primary N) is 1. The predicted octanol–water partition coefficient (Wildman–Crippen LogP) is 1.36. The summed E-state index contributed by atoms with van der Waals surface area (Å²) in [6, 6.07) is 2.44. The molecule has 142 valence electrons. The molecule has 1 aromatic rings. The maximum Gasteiger partial charge on any atom is 0.226 e. The summed E-state index contributed by atoms with van der Waals surface area (Å²) >= 11 is 0. The molecule has 26 heavy (non-hydrogen) atoms. The van der Waals surface area contributed by atoms with Gasteiger partial charge in [0.1, 0.15) is 18.0 Å². The van der Waals surface area contributed by atoms with Gasteiger partial charge >= 0.3 is 0 Å². The fourth-order valence-electron chi connectivity index (χ4n) is 4.73. The Bertz CT molecular complexity index is 624. The molecule has 0 bridgehead atoms. The van der Waals surface area contributed by atoms with Crippen LogP contribution in [0.1, 0.15) is 38.5 Å². The lowest BCUT2D eigenvalue weighted by atomic mass is 9.93. The van der Waals surface area contributed by atoms with Crippen molar-refractivity contribution in [2.45, 2.75) is 44.6 Å². The SMILES string of the molecule is Nc1cc(N2CCC(N3CCC[C@H](C(=O)N4CCCC4)C3)CC2)ncn1. The molecule has 3 aliphatic heterocycles. The summed E-state index contributed by atoms with van der Waals surface area (Å²) in [5, 5.41) is 0. The zero-order valence-corrected chi connectivity index (χ0v) is 15.5. The van der Waals surface area contributed by atoms with Crippen molar-refractivity contribution in [1.29, 1.82) is 0 Å². The van der Waals surface area contributed by atoms with Gasteiger partial charge < -0.3 is 15.5 Å². The number of hydrogen-bond acceptors (Lipinski definition) is 6. The summed E-state index contributed by atoms with van der Waals surface area (Å²) in [7, 11) is 0. The molecule has 0 unspecified atom stereocenters. The minimum absolute atomic E-state index is 0.210. The van der Waals surface area contributed by atoms with Crippen LogP contribution in [0, 0.1) is 5.92 Å². The van der Waals surface area contributed by atoms with Gasteiger partial charge in [0, 0.05) is 44.8 Å². The third-order valence-electron chi connectivity index (χ3n) is 6.20. The average molecular weight is 358 g/mol. The van der Waals surface area contributed by atoms with Crippen molar-refractivity contribution < 1.29 is 4.79 Å². The molecular formula is C19H30N6O. The van der Waals surface area contributed by atoms with Crippen molar-refractivity contribution in [3.63, 3.8) is 0 Å². The van der Waals surface area contributed by atoms with Crippen LogP contribution in [0.4, 0.5) is 11.6 Å². The highest BCUT2D eigenvalue weighted by Crippen LogP contribution is 2.27. The standard InChI is InChI=1S/C19H30N6O/c20-17-12-18(22-14-21-17)23-10-5-16(6-11-23)25-9-3-4-15(13-25)19(26)24-7-1-2-8-24/h12,14-16H,1-11,13H2,(H2,20,21,22)/t15-/m0/s1. The number of nitrogens with zero attached hydrogens (tertiary/aromatic N) is 5. The lowest BCUT2D eigenvalue weighted by Gasteiger charge is -2.42. The van der Waals surface area contributed by atoms with Crippen molar-refractivity contribution in [2.24, 2.45) is 5.92 Å². The molecular weight excluding hydrogens is 328 g/mol. The van der Waals surface area contributed by atoms with E-state index in [1.54, 1.807) is 0 Å². The second kappa shape index (κ2) is 7.78. The first kappa shape index (κ1) is 17.5. The maximum absolute atomic E-state index is 12.8. The van der Waals surface area contributed by atoms with E-state index in [0.717, 1.165) is 70.8 Å². The highest BCUT2D eigenvalue weighted by atomic mass is 16.2. The number of piperidine rings is 2. The molecule has 7 heteroatoms. The number of aromatic nitrogens is 2. The largest absolute Gasteiger partial charge is 0.384 e. The van der Waals surface area contributed by atoms with Gasteiger partial charge in [-0.25, -0.2) is 9.97 Å². The van der Waals surface area contributed by atoms with Crippen molar-refractivity contribution in [3.8, 4) is 0 Å². The third-order valence-corrected chi connectivity index (χ3v) is 6.20. The molecule has 1 aromatic heterocycles. The molecule has 3 aliphatic rings. The number of nitrogen functional groups attached to an aromatic ring is 1. The van der Waals surface area contributed by atoms with Gasteiger partial charge in [-0.3, -0.25) is 9.69 Å². The van der Waals surface area contributed by atoms with Crippen molar-refractivity contribution >= 4 is 17.5 Å². The number of hydrogen-bond donors (Lipinski definition) is 1. The summed E-state index contributed by atoms with van der Waals surface area (Å²) in [4.78, 5) is 28.1. The van der Waals surface area contributed by atoms with Crippen molar-refractivity contribution in [2.75, 3.05) is 49.9 Å². The Hall–Kier alpha value is -1.89. The van der Waals surface area contributed by atoms with Crippen LogP contribution in [0.25, 0.3) is 0 Å². The van der Waals surface area contributed by atoms with Crippen LogP contribution in [0.5, 0.6) is 0 Å². The lowest BCUT2D eigenvalue weighted by molar-refractivity contribution is -0.136. The zero-order valence-electron chi connectivity index (χ0n) is 15.5. The molecule has 0 aliphatic carbocycles. The highest BCUT2D eigenvalue weighted by Gasteiger charge is 2.34. The number of likely N-dealkylation sites (tertiary alicyclic amines) is 2. The number of rotatable bonds is 3. The van der Waals surface area contributed by atoms with E-state index in [1.807, 2.05) is 6.07 Å². The van der Waals surface area contributed by atoms with E-state index in [0.29, 0.717) is 17.8 Å². The van der Waals surface area contributed by atoms with E-state index < -0.39 is 0 Å². The second-order valence-electron chi connectivity index (χ2n) is 7.89. The molecule has 3 fully saturated rings. The number of amides is 1. The van der Waals surface area contributed by atoms with E-state index in [2.05, 4.69) is 24.7 Å². The number of carbonyl (C=O) groups excluding carboxylic acids is 1. The highest BCUT2D eigenvalue weighted by molar-refractivity contribution is 5.79. The Labute approximate surface area is 155 Å². The lowest BCUT2D eigenvalue weighted by Crippen LogP contribution is -2.51. The van der Waals surface area contributed by atoms with Gasteiger partial charge in [-0.05, 0) is 45.1 Å². The third kappa shape index (κ3) is 3.77. The Kier molecular flexibility index (Phi) is 5.24. The van der Waals surface area contributed by atoms with Crippen LogP contribution in [-0.2, 0) is 4.79 Å². The van der Waals surface area contributed by atoms with E-state index in [4.69, 9.17) is 5.73 Å². The summed E-state index contributed by atoms with van der Waals surface area (Å²) in [5.74, 6) is 2.07. The molecule has 4 rings (SSSR count). The second-order valence-corrected chi connectivity index (χ2v) is 7.89. The molecule has 1 amide bonds. The van der Waals surface area contributed by atoms with Crippen LogP contribution in [0.2, 0.25) is 0 Å². The van der Waals surface area contributed by atoms with E-state index in [9.17, 15) is 4.79 Å². The fraction of sp³-hybridized carbons (Fsp3) is 0.737. The Morgan fingerprint density at radius 2 is 1.77 bits per heavy atom. The van der Waals surface area contributed by atoms with Crippen molar-refractivity contribution in [1.82, 2.24) is 19.8 Å². The van der Waals surface area contributed by atoms with Gasteiger partial charge in [-0.2, -0.15) is 0 Å². The fourth-order valence-corrected chi connectivity index (χ4v) is 4.73. The monoisotopic (exact) mass is 358 g/mol. The molecule has 2 N–H and O–H groups in total. The van der Waals surface area contributed by atoms with E-state index >= 15 is 0 Å². The molecule has 0 spiro atoms. The van der Waals surface area contributed by atoms with Gasteiger partial charge in [-0.1, -0.05) is 0 Å². The molecule has 0 radical (unpaired) electrons. The van der Waals surface area contributed by atoms with Crippen LogP contribution in [0.3, 0.4) is 0 Å². The van der Waals surface area contributed by atoms with E-state index in [-0.39, 0.29) is 5.92 Å². The predicted molar refractivity (Wildman–Crippen MR) is 102 cm³/mol. The topological polar surface area (TPSA) is 78.6 Å². The van der Waals surface area contributed by atoms with Gasteiger partial charge in [0.15, 0.2) is 0 Å². The zero-order chi connectivity index (χ0) is 17.9. The Morgan fingerprint density at radius 1 is 1.00 bits per heavy atom. The van der Waals surface area contributed by atoms with Gasteiger partial charge in [-0.15, -0.1) is 0 Å². The minimum atomic E-state index is 0.210. The van der Waals surface area contributed by atoms with E-state index in [1.165, 1.54) is 19.2 Å². The normalized spacial score (nSPS) is 25.6. The summed E-state index contributed by atoms with van der Waals surface area (Å²) in [5.41, 5.74) is 5.78. The summed E-state index contributed by atoms with van der Waals surface area (Å²) in [6.45, 7) is 5.99. The first-order valence-electron chi connectivity index (χ1n) is 10.1. The van der Waals surface area contributed by atoms with Crippen LogP contribution < -0.4 is 10.6 Å². The van der Waals surface area contributed by atoms with Crippen LogP contribution in [-0.4, -0.2) is 71.0 Å². The molecule has 1 atom stereocenters. The molecule has 0 aromatic carbocycles. The van der Waals surface area contributed by atoms with Gasteiger partial charge in [0.2, 0.25) is 5.91 Å². The average Bonchev–Trinajstić information content (AvgIpc) is 3.22. The smallest absolute Gasteiger partial charge is 0.226 e. The van der Waals surface area contributed by atoms with Gasteiger partial charge in [0.05, 0.1) is 5.92 Å². The molecule has 4 heterocycles. The first-order chi connectivity index (χ1) is 12.7. The molecule has 3 saturated heterocycles. The summed E-state index contributed by atoms with van der Waals surface area (Å²) < 4.78 is 0. The molecule has 7 nitrogen and oxygen atoms in total. The molecule has 0 saturated carbocycles. The number of anilines is 2. The quantitative estimate of drug-likeness (QED) is 0.879. The van der Waals surface area contributed by atoms with Crippen LogP contribution in [0.15, 0.2) is 12.4 Å². The Balaban J connectivity index is 1.31. The van der Waals surface area contributed by atoms with Crippen molar-refractivity contribution in [3.05, 3.63) is 12.4 Å². The summed E-state index contributed by atoms with van der Waals surface area (Å²) in [6.07, 6.45) is 8.33.